The second-order valence-electron chi connectivity index (χ2n) is 4.61. The average Bonchev–Trinajstić information content (AvgIpc) is 3.19. The Bertz CT molecular complexity index is 672. The number of hydrogen-bond donors (Lipinski definition) is 2. The van der Waals surface area contributed by atoms with Crippen molar-refractivity contribution in [2.75, 3.05) is 13.2 Å². The molecule has 116 valence electrons. The van der Waals surface area contributed by atoms with Gasteiger partial charge >= 0.3 is 5.97 Å². The zero-order valence-electron chi connectivity index (χ0n) is 10.8. The second kappa shape index (κ2) is 6.10. The maximum Gasteiger partial charge on any atom is 0.338 e. The lowest BCUT2D eigenvalue weighted by Crippen LogP contribution is -2.35. The topological polar surface area (TPSA) is 94.9 Å². The monoisotopic (exact) mass is 353 g/mol. The summed E-state index contributed by atoms with van der Waals surface area (Å²) in [6, 6.07) is 2.19. The molecule has 1 fully saturated rings. The van der Waals surface area contributed by atoms with Crippen molar-refractivity contribution < 1.29 is 23.4 Å². The molecule has 21 heavy (non-hydrogen) atoms. The Morgan fingerprint density at radius 1 is 1.33 bits per heavy atom. The maximum absolute atomic E-state index is 12.6. The highest BCUT2D eigenvalue weighted by Crippen LogP contribution is 2.36. The van der Waals surface area contributed by atoms with Crippen LogP contribution in [0.25, 0.3) is 0 Å². The minimum Gasteiger partial charge on any atom is -0.478 e. The Hall–Kier alpha value is -0.860. The first-order valence-electron chi connectivity index (χ1n) is 6.14. The number of aliphatic hydroxyl groups is 1. The lowest BCUT2D eigenvalue weighted by Gasteiger charge is -2.22. The summed E-state index contributed by atoms with van der Waals surface area (Å²) >= 11 is 11.7. The van der Waals surface area contributed by atoms with Crippen molar-refractivity contribution in [1.29, 1.82) is 0 Å². The lowest BCUT2D eigenvalue weighted by atomic mass is 10.2. The van der Waals surface area contributed by atoms with E-state index in [-0.39, 0.29) is 29.1 Å². The molecule has 2 N–H and O–H groups in total. The summed E-state index contributed by atoms with van der Waals surface area (Å²) in [5, 5.41) is 17.6. The SMILES string of the molecule is O=C(O)c1c(Cl)ccc(S(=O)(=O)N(CCO)C2CC2)c1Cl. The summed E-state index contributed by atoms with van der Waals surface area (Å²) in [5.74, 6) is -1.40. The predicted octanol–water partition coefficient (Wildman–Crippen LogP) is 1.84. The molecule has 1 saturated carbocycles. The highest BCUT2D eigenvalue weighted by Gasteiger charge is 2.39. The number of nitrogens with zero attached hydrogens (tertiary/aromatic N) is 1. The van der Waals surface area contributed by atoms with Crippen molar-refractivity contribution in [3.63, 3.8) is 0 Å². The third-order valence-corrected chi connectivity index (χ3v) is 5.94. The molecule has 1 aliphatic carbocycles. The van der Waals surface area contributed by atoms with Crippen LogP contribution in [0.4, 0.5) is 0 Å². The molecular weight excluding hydrogens is 341 g/mol. The molecule has 1 aromatic carbocycles. The van der Waals surface area contributed by atoms with Gasteiger partial charge in [0.1, 0.15) is 4.90 Å². The van der Waals surface area contributed by atoms with Crippen LogP contribution in [0.5, 0.6) is 0 Å². The highest BCUT2D eigenvalue weighted by atomic mass is 35.5. The molecule has 0 unspecified atom stereocenters. The zero-order chi connectivity index (χ0) is 15.8. The van der Waals surface area contributed by atoms with Crippen LogP contribution < -0.4 is 0 Å². The van der Waals surface area contributed by atoms with Gasteiger partial charge in [-0.25, -0.2) is 13.2 Å². The number of carbonyl (C=O) groups is 1. The van der Waals surface area contributed by atoms with Crippen LogP contribution in [0.15, 0.2) is 17.0 Å². The molecule has 0 atom stereocenters. The van der Waals surface area contributed by atoms with Gasteiger partial charge in [0, 0.05) is 12.6 Å². The minimum atomic E-state index is -3.98. The Morgan fingerprint density at radius 2 is 1.95 bits per heavy atom. The van der Waals surface area contributed by atoms with E-state index < -0.39 is 26.6 Å². The second-order valence-corrected chi connectivity index (χ2v) is 7.25. The van der Waals surface area contributed by atoms with Gasteiger partial charge in [-0.15, -0.1) is 0 Å². The van der Waals surface area contributed by atoms with E-state index in [4.69, 9.17) is 33.4 Å². The van der Waals surface area contributed by atoms with Crippen molar-refractivity contribution in [2.45, 2.75) is 23.8 Å². The van der Waals surface area contributed by atoms with Gasteiger partial charge in [-0.05, 0) is 25.0 Å². The van der Waals surface area contributed by atoms with Crippen molar-refractivity contribution in [1.82, 2.24) is 4.31 Å². The van der Waals surface area contributed by atoms with Crippen molar-refractivity contribution >= 4 is 39.2 Å². The fourth-order valence-corrected chi connectivity index (χ4v) is 4.59. The number of sulfonamides is 1. The molecule has 0 aromatic heterocycles. The van der Waals surface area contributed by atoms with Gasteiger partial charge in [-0.3, -0.25) is 0 Å². The number of halogens is 2. The van der Waals surface area contributed by atoms with Gasteiger partial charge in [0.05, 0.1) is 22.2 Å². The smallest absolute Gasteiger partial charge is 0.338 e. The molecular formula is C12H13Cl2NO5S. The van der Waals surface area contributed by atoms with Crippen LogP contribution in [-0.2, 0) is 10.0 Å². The van der Waals surface area contributed by atoms with Gasteiger partial charge in [-0.2, -0.15) is 4.31 Å². The molecule has 0 saturated heterocycles. The number of aliphatic hydroxyl groups excluding tert-OH is 1. The van der Waals surface area contributed by atoms with Gasteiger partial charge in [-0.1, -0.05) is 23.2 Å². The molecule has 1 aliphatic rings. The van der Waals surface area contributed by atoms with Crippen molar-refractivity contribution in [3.05, 3.63) is 27.7 Å². The summed E-state index contributed by atoms with van der Waals surface area (Å²) in [6.07, 6.45) is 1.41. The molecule has 2 rings (SSSR count). The van der Waals surface area contributed by atoms with E-state index >= 15 is 0 Å². The van der Waals surface area contributed by atoms with Crippen LogP contribution in [0, 0.1) is 0 Å². The van der Waals surface area contributed by atoms with Crippen LogP contribution in [-0.4, -0.2) is 48.1 Å². The fraction of sp³-hybridized carbons (Fsp3) is 0.417. The average molecular weight is 354 g/mol. The normalized spacial score (nSPS) is 15.4. The van der Waals surface area contributed by atoms with Gasteiger partial charge in [0.15, 0.2) is 0 Å². The van der Waals surface area contributed by atoms with E-state index in [9.17, 15) is 13.2 Å². The van der Waals surface area contributed by atoms with E-state index in [1.54, 1.807) is 0 Å². The molecule has 1 aromatic rings. The first-order valence-corrected chi connectivity index (χ1v) is 8.34. The zero-order valence-corrected chi connectivity index (χ0v) is 13.1. The third-order valence-electron chi connectivity index (χ3n) is 3.13. The molecule has 0 spiro atoms. The van der Waals surface area contributed by atoms with Gasteiger partial charge in [0.2, 0.25) is 10.0 Å². The van der Waals surface area contributed by atoms with Crippen LogP contribution in [0.2, 0.25) is 10.0 Å². The van der Waals surface area contributed by atoms with Crippen molar-refractivity contribution in [3.8, 4) is 0 Å². The first kappa shape index (κ1) is 16.5. The summed E-state index contributed by atoms with van der Waals surface area (Å²) in [7, 11) is -3.98. The number of benzene rings is 1. The van der Waals surface area contributed by atoms with Gasteiger partial charge in [0.25, 0.3) is 0 Å². The number of carboxylic acid groups (broad SMARTS) is 1. The molecule has 0 amide bonds. The largest absolute Gasteiger partial charge is 0.478 e. The maximum atomic E-state index is 12.6. The van der Waals surface area contributed by atoms with E-state index in [0.29, 0.717) is 12.8 Å². The molecule has 0 radical (unpaired) electrons. The quantitative estimate of drug-likeness (QED) is 0.813. The Morgan fingerprint density at radius 3 is 2.43 bits per heavy atom. The number of hydrogen-bond acceptors (Lipinski definition) is 4. The summed E-state index contributed by atoms with van der Waals surface area (Å²) in [6.45, 7) is -0.388. The van der Waals surface area contributed by atoms with Crippen LogP contribution in [0.3, 0.4) is 0 Å². The third kappa shape index (κ3) is 3.17. The van der Waals surface area contributed by atoms with E-state index in [1.807, 2.05) is 0 Å². The Labute approximate surface area is 131 Å². The van der Waals surface area contributed by atoms with Crippen LogP contribution >= 0.6 is 23.2 Å². The summed E-state index contributed by atoms with van der Waals surface area (Å²) < 4.78 is 26.4. The van der Waals surface area contributed by atoms with E-state index in [0.717, 1.165) is 4.31 Å². The molecule has 0 bridgehead atoms. The predicted molar refractivity (Wildman–Crippen MR) is 77.4 cm³/mol. The summed E-state index contributed by atoms with van der Waals surface area (Å²) in [4.78, 5) is 10.8. The Kier molecular flexibility index (Phi) is 4.79. The molecule has 0 heterocycles. The van der Waals surface area contributed by atoms with Crippen LogP contribution in [0.1, 0.15) is 23.2 Å². The van der Waals surface area contributed by atoms with E-state index in [2.05, 4.69) is 0 Å². The first-order chi connectivity index (χ1) is 9.80. The molecule has 0 aliphatic heterocycles. The fourth-order valence-electron chi connectivity index (χ4n) is 2.02. The Balaban J connectivity index is 2.54. The van der Waals surface area contributed by atoms with Gasteiger partial charge < -0.3 is 10.2 Å². The number of carboxylic acids is 1. The lowest BCUT2D eigenvalue weighted by molar-refractivity contribution is 0.0697. The molecule has 6 nitrogen and oxygen atoms in total. The van der Waals surface area contributed by atoms with E-state index in [1.165, 1.54) is 12.1 Å². The molecule has 9 heteroatoms. The standard InChI is InChI=1S/C12H13Cl2NO5S/c13-8-3-4-9(11(14)10(8)12(17)18)21(19,20)15(5-6-16)7-1-2-7/h3-4,7,16H,1-2,5-6H2,(H,17,18). The highest BCUT2D eigenvalue weighted by molar-refractivity contribution is 7.89. The number of rotatable bonds is 6. The summed E-state index contributed by atoms with van der Waals surface area (Å²) in [5.41, 5.74) is -0.445. The number of aromatic carboxylic acids is 1. The van der Waals surface area contributed by atoms with Crippen molar-refractivity contribution in [2.24, 2.45) is 0 Å². The minimum absolute atomic E-state index is 0.0612.